The quantitative estimate of drug-likeness (QED) is 0.446. The number of nitrogens with one attached hydrogen (secondary N) is 1. The fourth-order valence-electron chi connectivity index (χ4n) is 2.57. The highest BCUT2D eigenvalue weighted by atomic mass is 32.2. The molecule has 0 saturated heterocycles. The Bertz CT molecular complexity index is 989. The first-order valence-corrected chi connectivity index (χ1v) is 10.5. The van der Waals surface area contributed by atoms with E-state index >= 15 is 0 Å². The van der Waals surface area contributed by atoms with Gasteiger partial charge < -0.3 is 4.52 Å². The topological polar surface area (TPSA) is 80.5 Å². The molecule has 27 heavy (non-hydrogen) atoms. The van der Waals surface area contributed by atoms with Crippen LogP contribution in [0.5, 0.6) is 0 Å². The van der Waals surface area contributed by atoms with Gasteiger partial charge in [0.15, 0.2) is 0 Å². The Hall–Kier alpha value is -2.45. The van der Waals surface area contributed by atoms with E-state index in [4.69, 9.17) is 4.52 Å². The van der Waals surface area contributed by atoms with Gasteiger partial charge in [-0.15, -0.1) is 16.4 Å². The van der Waals surface area contributed by atoms with Crippen LogP contribution < -0.4 is 0 Å². The molecule has 8 heteroatoms. The number of hydrogen-bond donors (Lipinski definition) is 1. The van der Waals surface area contributed by atoms with E-state index in [1.807, 2.05) is 18.2 Å². The molecular formula is C19H19N5OS2. The summed E-state index contributed by atoms with van der Waals surface area (Å²) in [5.41, 5.74) is 2.25. The van der Waals surface area contributed by atoms with E-state index in [-0.39, 0.29) is 0 Å². The van der Waals surface area contributed by atoms with Gasteiger partial charge in [-0.05, 0) is 22.9 Å². The zero-order valence-electron chi connectivity index (χ0n) is 15.0. The Morgan fingerprint density at radius 2 is 2.00 bits per heavy atom. The molecule has 0 atom stereocenters. The van der Waals surface area contributed by atoms with Crippen molar-refractivity contribution in [3.63, 3.8) is 0 Å². The molecule has 1 aromatic carbocycles. The second kappa shape index (κ2) is 8.06. The van der Waals surface area contributed by atoms with Crippen LogP contribution in [-0.2, 0) is 12.2 Å². The molecule has 3 heterocycles. The Morgan fingerprint density at radius 3 is 2.74 bits per heavy atom. The van der Waals surface area contributed by atoms with Gasteiger partial charge in [0.1, 0.15) is 5.82 Å². The minimum atomic E-state index is 0.502. The lowest BCUT2D eigenvalue weighted by Gasteiger charge is -2.04. The molecule has 0 unspecified atom stereocenters. The molecule has 4 aromatic rings. The van der Waals surface area contributed by atoms with Crippen molar-refractivity contribution < 1.29 is 4.52 Å². The van der Waals surface area contributed by atoms with Crippen molar-refractivity contribution in [3.8, 4) is 11.4 Å². The van der Waals surface area contributed by atoms with Crippen LogP contribution >= 0.6 is 23.1 Å². The van der Waals surface area contributed by atoms with Crippen molar-refractivity contribution in [3.05, 3.63) is 63.9 Å². The molecule has 0 aliphatic carbocycles. The monoisotopic (exact) mass is 397 g/mol. The number of thiophene rings is 1. The molecule has 0 aliphatic rings. The summed E-state index contributed by atoms with van der Waals surface area (Å²) in [5, 5.41) is 14.1. The molecule has 0 aliphatic heterocycles. The average molecular weight is 398 g/mol. The van der Waals surface area contributed by atoms with Crippen molar-refractivity contribution in [2.45, 2.75) is 37.1 Å². The fraction of sp³-hybridized carbons (Fsp3) is 0.263. The number of H-pyrrole nitrogens is 1. The maximum atomic E-state index is 5.36. The van der Waals surface area contributed by atoms with Crippen LogP contribution in [0.25, 0.3) is 11.4 Å². The summed E-state index contributed by atoms with van der Waals surface area (Å²) in [7, 11) is 0. The van der Waals surface area contributed by atoms with Gasteiger partial charge in [0.25, 0.3) is 0 Å². The third-order valence-corrected chi connectivity index (χ3v) is 5.77. The van der Waals surface area contributed by atoms with E-state index in [0.29, 0.717) is 28.5 Å². The Kier molecular flexibility index (Phi) is 5.35. The van der Waals surface area contributed by atoms with Crippen molar-refractivity contribution in [2.75, 3.05) is 0 Å². The van der Waals surface area contributed by atoms with Crippen LogP contribution in [0.2, 0.25) is 0 Å². The average Bonchev–Trinajstić information content (AvgIpc) is 3.43. The van der Waals surface area contributed by atoms with E-state index in [0.717, 1.165) is 17.8 Å². The first-order valence-electron chi connectivity index (χ1n) is 8.67. The Labute approximate surface area is 165 Å². The largest absolute Gasteiger partial charge is 0.338 e. The Balaban J connectivity index is 1.36. The van der Waals surface area contributed by atoms with Crippen LogP contribution in [0, 0.1) is 0 Å². The molecule has 138 valence electrons. The minimum absolute atomic E-state index is 0.502. The summed E-state index contributed by atoms with van der Waals surface area (Å²) >= 11 is 3.19. The van der Waals surface area contributed by atoms with E-state index in [2.05, 4.69) is 62.7 Å². The molecular weight excluding hydrogens is 378 g/mol. The number of aromatic amines is 1. The number of rotatable bonds is 7. The van der Waals surface area contributed by atoms with Crippen molar-refractivity contribution in [1.82, 2.24) is 25.3 Å². The molecule has 1 N–H and O–H groups in total. The van der Waals surface area contributed by atoms with E-state index < -0.39 is 0 Å². The highest BCUT2D eigenvalue weighted by Crippen LogP contribution is 2.23. The molecule has 0 amide bonds. The van der Waals surface area contributed by atoms with Gasteiger partial charge in [0, 0.05) is 16.9 Å². The van der Waals surface area contributed by atoms with Gasteiger partial charge in [0.05, 0.1) is 5.75 Å². The summed E-state index contributed by atoms with van der Waals surface area (Å²) in [6, 6.07) is 12.4. The van der Waals surface area contributed by atoms with Gasteiger partial charge in [-0.25, -0.2) is 4.98 Å². The van der Waals surface area contributed by atoms with Gasteiger partial charge in [0.2, 0.25) is 16.9 Å². The second-order valence-corrected chi connectivity index (χ2v) is 8.37. The van der Waals surface area contributed by atoms with Gasteiger partial charge >= 0.3 is 0 Å². The van der Waals surface area contributed by atoms with Gasteiger partial charge in [-0.3, -0.25) is 5.10 Å². The number of thioether (sulfide) groups is 1. The lowest BCUT2D eigenvalue weighted by molar-refractivity contribution is 0.391. The smallest absolute Gasteiger partial charge is 0.237 e. The van der Waals surface area contributed by atoms with Crippen molar-refractivity contribution in [1.29, 1.82) is 0 Å². The van der Waals surface area contributed by atoms with Crippen LogP contribution in [-0.4, -0.2) is 25.3 Å². The predicted molar refractivity (Wildman–Crippen MR) is 107 cm³/mol. The highest BCUT2D eigenvalue weighted by molar-refractivity contribution is 7.98. The normalized spacial score (nSPS) is 11.4. The number of benzene rings is 1. The summed E-state index contributed by atoms with van der Waals surface area (Å²) < 4.78 is 5.36. The lowest BCUT2D eigenvalue weighted by Crippen LogP contribution is -1.88. The summed E-state index contributed by atoms with van der Waals surface area (Å²) in [6.45, 7) is 4.35. The minimum Gasteiger partial charge on any atom is -0.338 e. The predicted octanol–water partition coefficient (Wildman–Crippen LogP) is 4.92. The molecule has 0 saturated carbocycles. The fourth-order valence-corrected chi connectivity index (χ4v) is 3.94. The maximum Gasteiger partial charge on any atom is 0.237 e. The molecule has 0 fully saturated rings. The third-order valence-electron chi connectivity index (χ3n) is 4.06. The second-order valence-electron chi connectivity index (χ2n) is 6.40. The standard InChI is InChI=1S/C19H19N5OS2/c1-12(2)13-5-7-14(8-6-13)18-21-17(25-24-18)11-27-19-20-16(22-23-19)10-15-4-3-9-26-15/h3-9,12H,10-11H2,1-2H3,(H,20,22,23). The lowest BCUT2D eigenvalue weighted by atomic mass is 10.0. The molecule has 0 bridgehead atoms. The Morgan fingerprint density at radius 1 is 1.15 bits per heavy atom. The highest BCUT2D eigenvalue weighted by Gasteiger charge is 2.12. The summed E-state index contributed by atoms with van der Waals surface area (Å²) in [4.78, 5) is 10.2. The van der Waals surface area contributed by atoms with Crippen molar-refractivity contribution >= 4 is 23.1 Å². The zero-order valence-corrected chi connectivity index (χ0v) is 16.7. The first kappa shape index (κ1) is 17.9. The van der Waals surface area contributed by atoms with E-state index in [1.54, 1.807) is 11.3 Å². The number of nitrogens with zero attached hydrogens (tertiary/aromatic N) is 4. The van der Waals surface area contributed by atoms with Crippen LogP contribution in [0.3, 0.4) is 0 Å². The van der Waals surface area contributed by atoms with Crippen LogP contribution in [0.15, 0.2) is 51.5 Å². The number of aromatic nitrogens is 5. The van der Waals surface area contributed by atoms with Gasteiger partial charge in [-0.2, -0.15) is 4.98 Å². The summed E-state index contributed by atoms with van der Waals surface area (Å²) in [5.74, 6) is 3.06. The summed E-state index contributed by atoms with van der Waals surface area (Å²) in [6.07, 6.45) is 0.766. The first-order chi connectivity index (χ1) is 13.2. The van der Waals surface area contributed by atoms with Crippen LogP contribution in [0.1, 0.15) is 41.9 Å². The third kappa shape index (κ3) is 4.45. The van der Waals surface area contributed by atoms with Gasteiger partial charge in [-0.1, -0.05) is 61.1 Å². The molecule has 3 aromatic heterocycles. The van der Waals surface area contributed by atoms with Crippen molar-refractivity contribution in [2.24, 2.45) is 0 Å². The SMILES string of the molecule is CC(C)c1ccc(-c2noc(CSc3n[nH]c(Cc4cccs4)n3)n2)cc1. The van der Waals surface area contributed by atoms with Crippen LogP contribution in [0.4, 0.5) is 0 Å². The molecule has 4 rings (SSSR count). The maximum absolute atomic E-state index is 5.36. The van der Waals surface area contributed by atoms with E-state index in [1.165, 1.54) is 22.2 Å². The zero-order chi connectivity index (χ0) is 18.6. The molecule has 0 spiro atoms. The molecule has 6 nitrogen and oxygen atoms in total. The number of hydrogen-bond acceptors (Lipinski definition) is 7. The molecule has 0 radical (unpaired) electrons. The van der Waals surface area contributed by atoms with E-state index in [9.17, 15) is 0 Å².